The van der Waals surface area contributed by atoms with E-state index in [0.29, 0.717) is 5.56 Å². The Morgan fingerprint density at radius 3 is 2.92 bits per heavy atom. The summed E-state index contributed by atoms with van der Waals surface area (Å²) < 4.78 is 4.74. The summed E-state index contributed by atoms with van der Waals surface area (Å²) in [5.41, 5.74) is 6.86. The lowest BCUT2D eigenvalue weighted by molar-refractivity contribution is 0.0848. The van der Waals surface area contributed by atoms with Gasteiger partial charge in [-0.1, -0.05) is 0 Å². The topological polar surface area (TPSA) is 65.2 Å². The molecule has 0 radical (unpaired) electrons. The van der Waals surface area contributed by atoms with Crippen molar-refractivity contribution in [2.24, 2.45) is 0 Å². The Morgan fingerprint density at radius 1 is 1.69 bits per heavy atom. The minimum Gasteiger partial charge on any atom is -0.383 e. The first-order valence-electron chi connectivity index (χ1n) is 3.90. The number of ether oxygens (including phenoxy) is 1. The van der Waals surface area contributed by atoms with E-state index in [4.69, 9.17) is 10.5 Å². The van der Waals surface area contributed by atoms with Crippen molar-refractivity contribution < 1.29 is 9.53 Å². The Labute approximate surface area is 76.7 Å². The van der Waals surface area contributed by atoms with Crippen molar-refractivity contribution in [2.75, 3.05) is 19.5 Å². The van der Waals surface area contributed by atoms with Crippen LogP contribution in [0.25, 0.3) is 0 Å². The Hall–Kier alpha value is -1.42. The van der Waals surface area contributed by atoms with Crippen LogP contribution in [0.15, 0.2) is 12.3 Å². The summed E-state index contributed by atoms with van der Waals surface area (Å²) in [6.45, 7) is 1.86. The van der Waals surface area contributed by atoms with Crippen LogP contribution in [0, 0.1) is 6.92 Å². The van der Waals surface area contributed by atoms with Gasteiger partial charge in [0.25, 0.3) is 0 Å². The number of hydrogen-bond acceptors (Lipinski definition) is 4. The SMILES string of the molecule is COCC(=O)c1c(C)ccnc1N. The highest BCUT2D eigenvalue weighted by molar-refractivity contribution is 6.02. The van der Waals surface area contributed by atoms with Gasteiger partial charge in [-0.15, -0.1) is 0 Å². The molecule has 2 N–H and O–H groups in total. The lowest BCUT2D eigenvalue weighted by atomic mass is 10.1. The number of nitrogens with zero attached hydrogens (tertiary/aromatic N) is 1. The number of anilines is 1. The number of Topliss-reactive ketones (excluding diaryl/α,β-unsaturated/α-hetero) is 1. The van der Waals surface area contributed by atoms with Crippen LogP contribution >= 0.6 is 0 Å². The van der Waals surface area contributed by atoms with E-state index < -0.39 is 0 Å². The van der Waals surface area contributed by atoms with Crippen molar-refractivity contribution in [1.82, 2.24) is 4.98 Å². The third-order valence-corrected chi connectivity index (χ3v) is 1.74. The van der Waals surface area contributed by atoms with Crippen molar-refractivity contribution in [3.8, 4) is 0 Å². The molecule has 1 aromatic heterocycles. The Bertz CT molecular complexity index is 303. The van der Waals surface area contributed by atoms with E-state index in [1.807, 2.05) is 6.92 Å². The van der Waals surface area contributed by atoms with E-state index in [0.717, 1.165) is 5.56 Å². The quantitative estimate of drug-likeness (QED) is 0.699. The van der Waals surface area contributed by atoms with Gasteiger partial charge in [-0.05, 0) is 18.6 Å². The number of pyridine rings is 1. The fourth-order valence-corrected chi connectivity index (χ4v) is 1.15. The first kappa shape index (κ1) is 9.67. The van der Waals surface area contributed by atoms with Gasteiger partial charge in [0.05, 0.1) is 5.56 Å². The van der Waals surface area contributed by atoms with Crippen LogP contribution in [0.4, 0.5) is 5.82 Å². The molecule has 0 bridgehead atoms. The number of aromatic nitrogens is 1. The number of carbonyl (C=O) groups excluding carboxylic acids is 1. The predicted octanol–water partition coefficient (Wildman–Crippen LogP) is 0.801. The molecule has 0 spiro atoms. The molecule has 13 heavy (non-hydrogen) atoms. The molecule has 1 rings (SSSR count). The normalized spacial score (nSPS) is 10.0. The number of carbonyl (C=O) groups is 1. The van der Waals surface area contributed by atoms with Crippen molar-refractivity contribution in [3.63, 3.8) is 0 Å². The number of rotatable bonds is 3. The van der Waals surface area contributed by atoms with Crippen LogP contribution in [0.2, 0.25) is 0 Å². The molecule has 0 unspecified atom stereocenters. The zero-order chi connectivity index (χ0) is 9.84. The van der Waals surface area contributed by atoms with Gasteiger partial charge in [0.2, 0.25) is 0 Å². The van der Waals surface area contributed by atoms with Gasteiger partial charge in [0.1, 0.15) is 12.4 Å². The molecular formula is C9H12N2O2. The summed E-state index contributed by atoms with van der Waals surface area (Å²) in [6, 6.07) is 1.75. The molecule has 0 amide bonds. The highest BCUT2D eigenvalue weighted by atomic mass is 16.5. The van der Waals surface area contributed by atoms with Gasteiger partial charge in [0, 0.05) is 13.3 Å². The second kappa shape index (κ2) is 4.00. The molecule has 4 heteroatoms. The molecule has 0 aromatic carbocycles. The molecule has 70 valence electrons. The summed E-state index contributed by atoms with van der Waals surface area (Å²) in [6.07, 6.45) is 1.58. The summed E-state index contributed by atoms with van der Waals surface area (Å²) in [4.78, 5) is 15.3. The van der Waals surface area contributed by atoms with Crippen LogP contribution < -0.4 is 5.73 Å². The maximum absolute atomic E-state index is 11.4. The van der Waals surface area contributed by atoms with Gasteiger partial charge in [-0.3, -0.25) is 4.79 Å². The standard InChI is InChI=1S/C9H12N2O2/c1-6-3-4-11-9(10)8(6)7(12)5-13-2/h3-4H,5H2,1-2H3,(H2,10,11). The van der Waals surface area contributed by atoms with E-state index in [2.05, 4.69) is 4.98 Å². The molecule has 1 aromatic rings. The lowest BCUT2D eigenvalue weighted by Crippen LogP contribution is -2.12. The van der Waals surface area contributed by atoms with Gasteiger partial charge < -0.3 is 10.5 Å². The Balaban J connectivity index is 3.05. The fourth-order valence-electron chi connectivity index (χ4n) is 1.15. The van der Waals surface area contributed by atoms with Crippen LogP contribution in [-0.4, -0.2) is 24.5 Å². The van der Waals surface area contributed by atoms with Gasteiger partial charge in [0.15, 0.2) is 5.78 Å². The maximum Gasteiger partial charge on any atom is 0.192 e. The molecule has 0 aliphatic rings. The number of ketones is 1. The first-order chi connectivity index (χ1) is 6.16. The van der Waals surface area contributed by atoms with Crippen molar-refractivity contribution in [3.05, 3.63) is 23.4 Å². The highest BCUT2D eigenvalue weighted by Crippen LogP contribution is 2.13. The highest BCUT2D eigenvalue weighted by Gasteiger charge is 2.12. The summed E-state index contributed by atoms with van der Waals surface area (Å²) in [5.74, 6) is 0.132. The minimum atomic E-state index is -0.134. The minimum absolute atomic E-state index is 0.0384. The molecule has 0 aliphatic heterocycles. The summed E-state index contributed by atoms with van der Waals surface area (Å²) in [5, 5.41) is 0. The number of methoxy groups -OCH3 is 1. The average Bonchev–Trinajstić information content (AvgIpc) is 2.04. The second-order valence-electron chi connectivity index (χ2n) is 2.74. The van der Waals surface area contributed by atoms with Gasteiger partial charge in [-0.2, -0.15) is 0 Å². The van der Waals surface area contributed by atoms with Crippen molar-refractivity contribution in [2.45, 2.75) is 6.92 Å². The monoisotopic (exact) mass is 180 g/mol. The number of nitrogens with two attached hydrogens (primary N) is 1. The third-order valence-electron chi connectivity index (χ3n) is 1.74. The molecular weight excluding hydrogens is 168 g/mol. The van der Waals surface area contributed by atoms with E-state index in [1.165, 1.54) is 7.11 Å². The summed E-state index contributed by atoms with van der Waals surface area (Å²) >= 11 is 0. The molecule has 4 nitrogen and oxygen atoms in total. The van der Waals surface area contributed by atoms with Crippen LogP contribution in [-0.2, 0) is 4.74 Å². The maximum atomic E-state index is 11.4. The zero-order valence-electron chi connectivity index (χ0n) is 7.70. The van der Waals surface area contributed by atoms with Gasteiger partial charge in [-0.25, -0.2) is 4.98 Å². The molecule has 0 saturated carbocycles. The number of aryl methyl sites for hydroxylation is 1. The summed E-state index contributed by atoms with van der Waals surface area (Å²) in [7, 11) is 1.47. The zero-order valence-corrected chi connectivity index (χ0v) is 7.70. The molecule has 0 saturated heterocycles. The number of hydrogen-bond donors (Lipinski definition) is 1. The smallest absolute Gasteiger partial charge is 0.192 e. The van der Waals surface area contributed by atoms with Gasteiger partial charge >= 0.3 is 0 Å². The molecule has 0 atom stereocenters. The second-order valence-corrected chi connectivity index (χ2v) is 2.74. The first-order valence-corrected chi connectivity index (χ1v) is 3.90. The third kappa shape index (κ3) is 2.03. The molecule has 0 fully saturated rings. The van der Waals surface area contributed by atoms with Crippen LogP contribution in [0.1, 0.15) is 15.9 Å². The fraction of sp³-hybridized carbons (Fsp3) is 0.333. The average molecular weight is 180 g/mol. The van der Waals surface area contributed by atoms with Crippen LogP contribution in [0.5, 0.6) is 0 Å². The predicted molar refractivity (Wildman–Crippen MR) is 49.6 cm³/mol. The molecule has 0 aliphatic carbocycles. The van der Waals surface area contributed by atoms with E-state index >= 15 is 0 Å². The van der Waals surface area contributed by atoms with Crippen LogP contribution in [0.3, 0.4) is 0 Å². The Morgan fingerprint density at radius 2 is 2.38 bits per heavy atom. The van der Waals surface area contributed by atoms with Crippen molar-refractivity contribution >= 4 is 11.6 Å². The van der Waals surface area contributed by atoms with E-state index in [1.54, 1.807) is 12.3 Å². The molecule has 1 heterocycles. The van der Waals surface area contributed by atoms with E-state index in [-0.39, 0.29) is 18.2 Å². The number of nitrogen functional groups attached to an aromatic ring is 1. The van der Waals surface area contributed by atoms with Crippen molar-refractivity contribution in [1.29, 1.82) is 0 Å². The van der Waals surface area contributed by atoms with E-state index in [9.17, 15) is 4.79 Å². The largest absolute Gasteiger partial charge is 0.383 e. The lowest BCUT2D eigenvalue weighted by Gasteiger charge is -2.05. The Kier molecular flexibility index (Phi) is 2.97.